The van der Waals surface area contributed by atoms with E-state index in [-0.39, 0.29) is 18.0 Å². The Morgan fingerprint density at radius 1 is 1.14 bits per heavy atom. The molecule has 0 spiro atoms. The number of pyridine rings is 1. The zero-order valence-electron chi connectivity index (χ0n) is 21.0. The highest BCUT2D eigenvalue weighted by Gasteiger charge is 2.18. The molecule has 8 nitrogen and oxygen atoms in total. The van der Waals surface area contributed by atoms with Crippen LogP contribution in [0.3, 0.4) is 0 Å². The fourth-order valence-corrected chi connectivity index (χ4v) is 4.14. The summed E-state index contributed by atoms with van der Waals surface area (Å²) in [6.45, 7) is 2.70. The van der Waals surface area contributed by atoms with E-state index >= 15 is 4.39 Å². The molecule has 3 aromatic heterocycles. The van der Waals surface area contributed by atoms with Crippen molar-refractivity contribution < 1.29 is 10.5 Å². The molecule has 3 heterocycles. The second-order valence-corrected chi connectivity index (χ2v) is 8.74. The molecule has 2 aromatic carbocycles. The molecule has 0 aliphatic rings. The Morgan fingerprint density at radius 3 is 2.77 bits per heavy atom. The van der Waals surface area contributed by atoms with Crippen LogP contribution in [0.25, 0.3) is 32.9 Å². The van der Waals surface area contributed by atoms with Gasteiger partial charge in [-0.2, -0.15) is 5.10 Å². The van der Waals surface area contributed by atoms with Crippen LogP contribution in [0.4, 0.5) is 15.9 Å². The van der Waals surface area contributed by atoms with E-state index in [1.54, 1.807) is 29.1 Å². The normalized spacial score (nSPS) is 12.8. The minimum Gasteiger partial charge on any atom is -0.489 e. The third-order valence-electron chi connectivity index (χ3n) is 5.61. The standard InChI is InChI=1S/C26H26FN7O/c1-16(13-33(2)3)35-23-11-17(18-12-31-34(4)14-18)10-22-24(23)26(30-15-29-22)32-21-8-7-20-19(25(21)27)6-5-9-28-20/h5-12,14-16H,13H2,1-4H3,(H,29,30,32)/t16-/m1/s1/i9D. The molecule has 0 fully saturated rings. The second kappa shape index (κ2) is 9.27. The largest absolute Gasteiger partial charge is 0.489 e. The summed E-state index contributed by atoms with van der Waals surface area (Å²) in [6.07, 6.45) is 5.12. The molecule has 9 heteroatoms. The summed E-state index contributed by atoms with van der Waals surface area (Å²) in [5.74, 6) is 0.542. The van der Waals surface area contributed by atoms with Crippen molar-refractivity contribution in [2.75, 3.05) is 26.0 Å². The van der Waals surface area contributed by atoms with Crippen LogP contribution >= 0.6 is 0 Å². The van der Waals surface area contributed by atoms with Gasteiger partial charge in [0, 0.05) is 36.9 Å². The fraction of sp³-hybridized carbons (Fsp3) is 0.231. The highest BCUT2D eigenvalue weighted by molar-refractivity contribution is 5.99. The molecule has 0 saturated heterocycles. The van der Waals surface area contributed by atoms with Gasteiger partial charge in [0.2, 0.25) is 0 Å². The number of halogens is 1. The number of fused-ring (bicyclic) bond motifs is 2. The predicted octanol–water partition coefficient (Wildman–Crippen LogP) is 4.79. The molecule has 5 aromatic rings. The average molecular weight is 473 g/mol. The van der Waals surface area contributed by atoms with Gasteiger partial charge in [-0.25, -0.2) is 14.4 Å². The number of nitrogens with one attached hydrogen (secondary N) is 1. The highest BCUT2D eigenvalue weighted by Crippen LogP contribution is 2.37. The Morgan fingerprint density at radius 2 is 2.00 bits per heavy atom. The zero-order valence-corrected chi connectivity index (χ0v) is 20.0. The van der Waals surface area contributed by atoms with E-state index < -0.39 is 5.82 Å². The third-order valence-corrected chi connectivity index (χ3v) is 5.61. The summed E-state index contributed by atoms with van der Waals surface area (Å²) in [5.41, 5.74) is 3.15. The maximum Gasteiger partial charge on any atom is 0.156 e. The van der Waals surface area contributed by atoms with Crippen molar-refractivity contribution >= 4 is 33.3 Å². The molecule has 0 unspecified atom stereocenters. The van der Waals surface area contributed by atoms with Gasteiger partial charge in [0.25, 0.3) is 0 Å². The van der Waals surface area contributed by atoms with E-state index in [0.29, 0.717) is 39.9 Å². The first-order chi connectivity index (χ1) is 17.3. The topological polar surface area (TPSA) is 81.0 Å². The van der Waals surface area contributed by atoms with Crippen LogP contribution in [0.5, 0.6) is 5.75 Å². The van der Waals surface area contributed by atoms with Crippen LogP contribution in [0.15, 0.2) is 61.3 Å². The van der Waals surface area contributed by atoms with Crippen molar-refractivity contribution in [1.29, 1.82) is 0 Å². The maximum atomic E-state index is 15.4. The first kappa shape index (κ1) is 21.4. The van der Waals surface area contributed by atoms with E-state index in [0.717, 1.165) is 11.1 Å². The average Bonchev–Trinajstić information content (AvgIpc) is 3.26. The summed E-state index contributed by atoms with van der Waals surface area (Å²) in [5, 5.41) is 8.39. The number of ether oxygens (including phenoxy) is 1. The van der Waals surface area contributed by atoms with Crippen molar-refractivity contribution in [2.24, 2.45) is 7.05 Å². The van der Waals surface area contributed by atoms with Gasteiger partial charge in [-0.15, -0.1) is 0 Å². The molecule has 35 heavy (non-hydrogen) atoms. The van der Waals surface area contributed by atoms with Crippen LogP contribution < -0.4 is 10.1 Å². The first-order valence-electron chi connectivity index (χ1n) is 11.7. The maximum absolute atomic E-state index is 15.4. The Bertz CT molecular complexity index is 1570. The fourth-order valence-electron chi connectivity index (χ4n) is 4.14. The summed E-state index contributed by atoms with van der Waals surface area (Å²) in [6, 6.07) is 10.2. The smallest absolute Gasteiger partial charge is 0.156 e. The van der Waals surface area contributed by atoms with Crippen LogP contribution in [0.1, 0.15) is 8.29 Å². The summed E-state index contributed by atoms with van der Waals surface area (Å²) >= 11 is 0. The number of anilines is 2. The van der Waals surface area contributed by atoms with Gasteiger partial charge in [-0.05, 0) is 63.0 Å². The molecule has 0 amide bonds. The quantitative estimate of drug-likeness (QED) is 0.365. The van der Waals surface area contributed by atoms with Crippen molar-refractivity contribution in [3.8, 4) is 16.9 Å². The summed E-state index contributed by atoms with van der Waals surface area (Å²) < 4.78 is 31.2. The predicted molar refractivity (Wildman–Crippen MR) is 135 cm³/mol. The summed E-state index contributed by atoms with van der Waals surface area (Å²) in [4.78, 5) is 15.1. The van der Waals surface area contributed by atoms with Gasteiger partial charge in [-0.1, -0.05) is 0 Å². The molecule has 0 saturated carbocycles. The molecular formula is C26H26FN7O. The van der Waals surface area contributed by atoms with Crippen LogP contribution in [0, 0.1) is 5.82 Å². The molecule has 0 bridgehead atoms. The minimum absolute atomic E-state index is 0.0856. The van der Waals surface area contributed by atoms with Crippen LogP contribution in [0.2, 0.25) is 0 Å². The number of rotatable bonds is 7. The number of aryl methyl sites for hydroxylation is 1. The van der Waals surface area contributed by atoms with Gasteiger partial charge in [0.15, 0.2) is 5.82 Å². The SMILES string of the molecule is [2H]c1ccc2c(F)c(Nc3ncnc4cc(-c5cnn(C)c5)cc(O[C@H](C)CN(C)C)c34)ccc2n1. The molecular weight excluding hydrogens is 445 g/mol. The third kappa shape index (κ3) is 4.63. The van der Waals surface area contributed by atoms with Gasteiger partial charge in [0.1, 0.15) is 24.0 Å². The minimum atomic E-state index is -0.470. The second-order valence-electron chi connectivity index (χ2n) is 8.74. The van der Waals surface area contributed by atoms with E-state index in [9.17, 15) is 0 Å². The van der Waals surface area contributed by atoms with Gasteiger partial charge in [-0.3, -0.25) is 9.67 Å². The molecule has 1 N–H and O–H groups in total. The molecule has 0 radical (unpaired) electrons. The lowest BCUT2D eigenvalue weighted by Gasteiger charge is -2.21. The van der Waals surface area contributed by atoms with Crippen molar-refractivity contribution in [3.05, 3.63) is 67.1 Å². The lowest BCUT2D eigenvalue weighted by Crippen LogP contribution is -2.28. The van der Waals surface area contributed by atoms with E-state index in [1.807, 2.05) is 51.3 Å². The Kier molecular flexibility index (Phi) is 5.67. The van der Waals surface area contributed by atoms with Gasteiger partial charge >= 0.3 is 0 Å². The number of benzene rings is 2. The molecule has 0 aliphatic carbocycles. The van der Waals surface area contributed by atoms with E-state index in [1.165, 1.54) is 12.4 Å². The zero-order chi connectivity index (χ0) is 25.4. The van der Waals surface area contributed by atoms with Crippen molar-refractivity contribution in [2.45, 2.75) is 13.0 Å². The van der Waals surface area contributed by atoms with Gasteiger partial charge < -0.3 is 15.0 Å². The first-order valence-corrected chi connectivity index (χ1v) is 11.2. The van der Waals surface area contributed by atoms with Crippen LogP contribution in [-0.2, 0) is 7.05 Å². The van der Waals surface area contributed by atoms with Gasteiger partial charge in [0.05, 0.1) is 29.7 Å². The van der Waals surface area contributed by atoms with Crippen LogP contribution in [-0.4, -0.2) is 56.4 Å². The number of hydrogen-bond donors (Lipinski definition) is 1. The number of aromatic nitrogens is 5. The van der Waals surface area contributed by atoms with E-state index in [2.05, 4.69) is 25.4 Å². The number of hydrogen-bond acceptors (Lipinski definition) is 7. The Labute approximate surface area is 203 Å². The van der Waals surface area contributed by atoms with Crippen molar-refractivity contribution in [1.82, 2.24) is 29.6 Å². The molecule has 1 atom stereocenters. The number of likely N-dealkylation sites (N-methyl/N-ethyl adjacent to an activating group) is 1. The highest BCUT2D eigenvalue weighted by atomic mass is 19.1. The lowest BCUT2D eigenvalue weighted by atomic mass is 10.1. The Hall–Kier alpha value is -4.11. The van der Waals surface area contributed by atoms with E-state index in [4.69, 9.17) is 6.11 Å². The molecule has 5 rings (SSSR count). The monoisotopic (exact) mass is 472 g/mol. The molecule has 178 valence electrons. The lowest BCUT2D eigenvalue weighted by molar-refractivity contribution is 0.179. The number of nitrogens with zero attached hydrogens (tertiary/aromatic N) is 6. The molecule has 0 aliphatic heterocycles. The van der Waals surface area contributed by atoms with Crippen molar-refractivity contribution in [3.63, 3.8) is 0 Å². The Balaban J connectivity index is 1.63. The summed E-state index contributed by atoms with van der Waals surface area (Å²) in [7, 11) is 5.84.